The number of carbonyl (C=O) groups excluding carboxylic acids is 2. The third kappa shape index (κ3) is 42.3. The first kappa shape index (κ1) is 57.6. The van der Waals surface area contributed by atoms with Gasteiger partial charge in [0.25, 0.3) is 0 Å². The van der Waals surface area contributed by atoms with E-state index < -0.39 is 18.2 Å². The lowest BCUT2D eigenvalue weighted by Gasteiger charge is -2.24. The van der Waals surface area contributed by atoms with Crippen molar-refractivity contribution < 1.29 is 24.5 Å². The Morgan fingerprint density at radius 1 is 0.500 bits per heavy atom. The van der Waals surface area contributed by atoms with Crippen LogP contribution in [-0.2, 0) is 14.3 Å². The third-order valence-electron chi connectivity index (χ3n) is 11.4. The zero-order valence-electron chi connectivity index (χ0n) is 39.6. The number of aliphatic hydroxyl groups excluding tert-OH is 2. The number of aliphatic hydroxyl groups is 2. The lowest BCUT2D eigenvalue weighted by Crippen LogP contribution is -2.46. The van der Waals surface area contributed by atoms with Crippen molar-refractivity contribution >= 4 is 11.9 Å². The van der Waals surface area contributed by atoms with Crippen LogP contribution < -0.4 is 5.32 Å². The van der Waals surface area contributed by atoms with E-state index in [-0.39, 0.29) is 24.9 Å². The monoisotopic (exact) mass is 840 g/mol. The number of allylic oxidation sites excluding steroid dienone is 9. The molecule has 0 aromatic rings. The summed E-state index contributed by atoms with van der Waals surface area (Å²) in [5.41, 5.74) is 0. The molecule has 6 heteroatoms. The summed E-state index contributed by atoms with van der Waals surface area (Å²) >= 11 is 0. The number of unbranched alkanes of at least 4 members (excludes halogenated alkanes) is 24. The van der Waals surface area contributed by atoms with Crippen molar-refractivity contribution in [1.82, 2.24) is 5.32 Å². The molecule has 0 aliphatic carbocycles. The largest absolute Gasteiger partial charge is 0.461 e. The topological polar surface area (TPSA) is 95.9 Å². The summed E-state index contributed by atoms with van der Waals surface area (Å²) in [6.07, 6.45) is 58.7. The van der Waals surface area contributed by atoms with Crippen LogP contribution in [0.1, 0.15) is 245 Å². The Balaban J connectivity index is 4.70. The quantitative estimate of drug-likeness (QED) is 0.0322. The van der Waals surface area contributed by atoms with E-state index in [0.717, 1.165) is 70.6 Å². The molecule has 0 rings (SSSR count). The molecule has 3 atom stereocenters. The number of amides is 1. The van der Waals surface area contributed by atoms with Crippen molar-refractivity contribution in [3.63, 3.8) is 0 Å². The van der Waals surface area contributed by atoms with E-state index in [1.807, 2.05) is 12.2 Å². The second-order valence-electron chi connectivity index (χ2n) is 17.2. The van der Waals surface area contributed by atoms with E-state index >= 15 is 0 Å². The molecule has 3 unspecified atom stereocenters. The summed E-state index contributed by atoms with van der Waals surface area (Å²) < 4.78 is 5.86. The van der Waals surface area contributed by atoms with E-state index in [1.54, 1.807) is 0 Å². The highest BCUT2D eigenvalue weighted by Crippen LogP contribution is 2.17. The van der Waals surface area contributed by atoms with Crippen molar-refractivity contribution in [3.05, 3.63) is 60.8 Å². The number of esters is 1. The van der Waals surface area contributed by atoms with Gasteiger partial charge in [-0.2, -0.15) is 0 Å². The van der Waals surface area contributed by atoms with Crippen LogP contribution in [0.4, 0.5) is 0 Å². The lowest BCUT2D eigenvalue weighted by molar-refractivity contribution is -0.150. The SMILES string of the molecule is CC/C=C\C/C=C\C/C=C\C/C=C\C/C=C\CC(CC(=O)NC(CO)C(O)CCCCCCCCCCCCCCCC)OC(=O)CCCCCCCCCCCCCC. The maximum atomic E-state index is 13.2. The fourth-order valence-electron chi connectivity index (χ4n) is 7.51. The molecule has 3 N–H and O–H groups in total. The van der Waals surface area contributed by atoms with E-state index in [4.69, 9.17) is 4.74 Å². The van der Waals surface area contributed by atoms with Crippen molar-refractivity contribution in [2.24, 2.45) is 0 Å². The first-order chi connectivity index (χ1) is 29.5. The summed E-state index contributed by atoms with van der Waals surface area (Å²) in [6, 6.07) is -0.731. The minimum absolute atomic E-state index is 0.000569. The highest BCUT2D eigenvalue weighted by atomic mass is 16.5. The average Bonchev–Trinajstić information content (AvgIpc) is 3.24. The van der Waals surface area contributed by atoms with Crippen LogP contribution in [0.25, 0.3) is 0 Å². The molecule has 0 aromatic carbocycles. The maximum Gasteiger partial charge on any atom is 0.306 e. The molecule has 0 bridgehead atoms. The van der Waals surface area contributed by atoms with Gasteiger partial charge in [-0.1, -0.05) is 242 Å². The minimum Gasteiger partial charge on any atom is -0.461 e. The second kappa shape index (κ2) is 47.6. The zero-order chi connectivity index (χ0) is 43.8. The van der Waals surface area contributed by atoms with Gasteiger partial charge in [-0.05, 0) is 44.9 Å². The van der Waals surface area contributed by atoms with Crippen molar-refractivity contribution in [2.45, 2.75) is 264 Å². The number of hydrogen-bond acceptors (Lipinski definition) is 5. The molecule has 1 amide bonds. The molecular weight excluding hydrogens is 743 g/mol. The number of carbonyl (C=O) groups is 2. The van der Waals surface area contributed by atoms with Crippen LogP contribution in [0.5, 0.6) is 0 Å². The fourth-order valence-corrected chi connectivity index (χ4v) is 7.51. The molecule has 0 spiro atoms. The van der Waals surface area contributed by atoms with E-state index in [2.05, 4.69) is 74.7 Å². The number of nitrogens with one attached hydrogen (secondary N) is 1. The average molecular weight is 840 g/mol. The minimum atomic E-state index is -0.811. The molecule has 0 aromatic heterocycles. The molecule has 0 fully saturated rings. The summed E-state index contributed by atoms with van der Waals surface area (Å²) in [5, 5.41) is 23.7. The van der Waals surface area contributed by atoms with Crippen LogP contribution in [0.2, 0.25) is 0 Å². The van der Waals surface area contributed by atoms with Gasteiger partial charge in [0.05, 0.1) is 25.2 Å². The Morgan fingerprint density at radius 2 is 0.867 bits per heavy atom. The van der Waals surface area contributed by atoms with Gasteiger partial charge in [-0.3, -0.25) is 9.59 Å². The van der Waals surface area contributed by atoms with Gasteiger partial charge in [-0.25, -0.2) is 0 Å². The van der Waals surface area contributed by atoms with E-state index in [1.165, 1.54) is 128 Å². The summed E-state index contributed by atoms with van der Waals surface area (Å²) in [7, 11) is 0. The molecule has 6 nitrogen and oxygen atoms in total. The van der Waals surface area contributed by atoms with Crippen LogP contribution in [-0.4, -0.2) is 46.9 Å². The van der Waals surface area contributed by atoms with Gasteiger partial charge in [0, 0.05) is 12.8 Å². The number of ether oxygens (including phenoxy) is 1. The maximum absolute atomic E-state index is 13.2. The summed E-state index contributed by atoms with van der Waals surface area (Å²) in [4.78, 5) is 26.1. The Hall–Kier alpha value is -2.44. The smallest absolute Gasteiger partial charge is 0.306 e. The van der Waals surface area contributed by atoms with Gasteiger partial charge in [0.2, 0.25) is 5.91 Å². The Labute approximate surface area is 371 Å². The first-order valence-corrected chi connectivity index (χ1v) is 25.5. The molecule has 60 heavy (non-hydrogen) atoms. The first-order valence-electron chi connectivity index (χ1n) is 25.5. The Bertz CT molecular complexity index is 1080. The third-order valence-corrected chi connectivity index (χ3v) is 11.4. The normalized spacial score (nSPS) is 13.8. The number of hydrogen-bond donors (Lipinski definition) is 3. The molecular formula is C54H97NO5. The molecule has 0 radical (unpaired) electrons. The van der Waals surface area contributed by atoms with Crippen LogP contribution in [0.3, 0.4) is 0 Å². The van der Waals surface area contributed by atoms with Crippen molar-refractivity contribution in [2.75, 3.05) is 6.61 Å². The predicted octanol–water partition coefficient (Wildman–Crippen LogP) is 15.2. The highest BCUT2D eigenvalue weighted by Gasteiger charge is 2.23. The molecule has 348 valence electrons. The van der Waals surface area contributed by atoms with Gasteiger partial charge in [-0.15, -0.1) is 0 Å². The van der Waals surface area contributed by atoms with Gasteiger partial charge in [0.15, 0.2) is 0 Å². The van der Waals surface area contributed by atoms with Gasteiger partial charge in [0.1, 0.15) is 6.10 Å². The lowest BCUT2D eigenvalue weighted by atomic mass is 10.0. The Kier molecular flexibility index (Phi) is 45.7. The number of rotatable bonds is 45. The highest BCUT2D eigenvalue weighted by molar-refractivity contribution is 5.77. The molecule has 0 saturated carbocycles. The van der Waals surface area contributed by atoms with E-state index in [0.29, 0.717) is 19.3 Å². The summed E-state index contributed by atoms with van der Waals surface area (Å²) in [5.74, 6) is -0.576. The fraction of sp³-hybridized carbons (Fsp3) is 0.778. The molecule has 0 saturated heterocycles. The van der Waals surface area contributed by atoms with Crippen LogP contribution >= 0.6 is 0 Å². The van der Waals surface area contributed by atoms with Crippen molar-refractivity contribution in [1.29, 1.82) is 0 Å². The van der Waals surface area contributed by atoms with Crippen LogP contribution in [0, 0.1) is 0 Å². The van der Waals surface area contributed by atoms with Crippen LogP contribution in [0.15, 0.2) is 60.8 Å². The van der Waals surface area contributed by atoms with Gasteiger partial charge < -0.3 is 20.3 Å². The second-order valence-corrected chi connectivity index (χ2v) is 17.2. The molecule has 0 heterocycles. The van der Waals surface area contributed by atoms with Gasteiger partial charge >= 0.3 is 5.97 Å². The standard InChI is InChI=1S/C54H97NO5/c1-4-7-10-13-16-19-22-25-27-28-30-33-36-39-42-45-50(60-54(59)47-44-41-38-35-32-24-21-18-15-12-9-6-3)48-53(58)55-51(49-56)52(57)46-43-40-37-34-31-29-26-23-20-17-14-11-8-5-2/h7,10,16,19,25,27,30,33,39,42,50-52,56-57H,4-6,8-9,11-15,17-18,20-24,26,28-29,31-32,34-38,40-41,43-49H2,1-3H3,(H,55,58)/b10-7-,19-16-,27-25-,33-30-,42-39-. The zero-order valence-corrected chi connectivity index (χ0v) is 39.6. The molecule has 0 aliphatic heterocycles. The molecule has 0 aliphatic rings. The predicted molar refractivity (Wildman–Crippen MR) is 259 cm³/mol. The Morgan fingerprint density at radius 3 is 1.27 bits per heavy atom. The van der Waals surface area contributed by atoms with E-state index in [9.17, 15) is 19.8 Å². The summed E-state index contributed by atoms with van der Waals surface area (Å²) in [6.45, 7) is 6.34. The van der Waals surface area contributed by atoms with Crippen molar-refractivity contribution in [3.8, 4) is 0 Å².